The van der Waals surface area contributed by atoms with Crippen LogP contribution in [0.4, 0.5) is 0 Å². The fourth-order valence-electron chi connectivity index (χ4n) is 3.70. The topological polar surface area (TPSA) is 24.5 Å². The summed E-state index contributed by atoms with van der Waals surface area (Å²) in [5.74, 6) is 1.70. The Morgan fingerprint density at radius 1 is 1.35 bits per heavy atom. The van der Waals surface area contributed by atoms with Crippen molar-refractivity contribution < 1.29 is 4.74 Å². The van der Waals surface area contributed by atoms with Crippen molar-refractivity contribution in [1.29, 1.82) is 0 Å². The van der Waals surface area contributed by atoms with Crippen LogP contribution in [0.2, 0.25) is 0 Å². The molecule has 3 atom stereocenters. The highest BCUT2D eigenvalue weighted by molar-refractivity contribution is 5.04. The van der Waals surface area contributed by atoms with Crippen LogP contribution in [-0.4, -0.2) is 49.8 Å². The maximum absolute atomic E-state index is 5.19. The highest BCUT2D eigenvalue weighted by Crippen LogP contribution is 2.41. The van der Waals surface area contributed by atoms with Crippen molar-refractivity contribution in [1.82, 2.24) is 10.2 Å². The van der Waals surface area contributed by atoms with E-state index in [2.05, 4.69) is 31.0 Å². The zero-order valence-electron chi connectivity index (χ0n) is 14.0. The van der Waals surface area contributed by atoms with Crippen molar-refractivity contribution in [2.75, 3.05) is 33.4 Å². The predicted molar refractivity (Wildman–Crippen MR) is 85.1 cm³/mol. The Morgan fingerprint density at radius 2 is 2.10 bits per heavy atom. The third-order valence-electron chi connectivity index (χ3n) is 5.54. The van der Waals surface area contributed by atoms with E-state index < -0.39 is 0 Å². The van der Waals surface area contributed by atoms with E-state index in [0.717, 1.165) is 24.5 Å². The number of methoxy groups -OCH3 is 1. The smallest absolute Gasteiger partial charge is 0.0462 e. The summed E-state index contributed by atoms with van der Waals surface area (Å²) in [7, 11) is 1.80. The van der Waals surface area contributed by atoms with Crippen LogP contribution in [0.5, 0.6) is 0 Å². The maximum atomic E-state index is 5.19. The van der Waals surface area contributed by atoms with Gasteiger partial charge in [-0.1, -0.05) is 20.3 Å². The molecule has 0 spiro atoms. The first-order chi connectivity index (χ1) is 9.60. The van der Waals surface area contributed by atoms with Gasteiger partial charge in [0.25, 0.3) is 0 Å². The van der Waals surface area contributed by atoms with E-state index in [0.29, 0.717) is 5.54 Å². The summed E-state index contributed by atoms with van der Waals surface area (Å²) in [4.78, 5) is 2.78. The van der Waals surface area contributed by atoms with Gasteiger partial charge in [0.15, 0.2) is 0 Å². The summed E-state index contributed by atoms with van der Waals surface area (Å²) < 4.78 is 5.19. The van der Waals surface area contributed by atoms with Crippen molar-refractivity contribution in [2.24, 2.45) is 11.8 Å². The number of nitrogens with zero attached hydrogens (tertiary/aromatic N) is 1. The van der Waals surface area contributed by atoms with Gasteiger partial charge in [-0.05, 0) is 51.0 Å². The third-order valence-corrected chi connectivity index (χ3v) is 5.54. The minimum atomic E-state index is 0.366. The Morgan fingerprint density at radius 3 is 2.70 bits per heavy atom. The minimum Gasteiger partial charge on any atom is -0.385 e. The molecule has 118 valence electrons. The minimum absolute atomic E-state index is 0.366. The van der Waals surface area contributed by atoms with Crippen LogP contribution in [0.15, 0.2) is 0 Å². The number of unbranched alkanes of at least 4 members (excludes halogenated alkanes) is 1. The van der Waals surface area contributed by atoms with E-state index in [1.165, 1.54) is 51.7 Å². The molecule has 0 radical (unpaired) electrons. The molecular weight excluding hydrogens is 248 g/mol. The third kappa shape index (κ3) is 3.96. The number of hydrogen-bond donors (Lipinski definition) is 1. The Kier molecular flexibility index (Phi) is 5.88. The second-order valence-electron chi connectivity index (χ2n) is 7.20. The number of nitrogens with one attached hydrogen (secondary N) is 1. The Balaban J connectivity index is 1.91. The van der Waals surface area contributed by atoms with E-state index in [-0.39, 0.29) is 0 Å². The van der Waals surface area contributed by atoms with Crippen LogP contribution in [0.3, 0.4) is 0 Å². The van der Waals surface area contributed by atoms with Gasteiger partial charge in [0.1, 0.15) is 0 Å². The molecule has 0 aromatic rings. The number of hydrogen-bond acceptors (Lipinski definition) is 3. The van der Waals surface area contributed by atoms with Crippen LogP contribution in [0.1, 0.15) is 52.9 Å². The van der Waals surface area contributed by atoms with Crippen molar-refractivity contribution in [3.05, 3.63) is 0 Å². The highest BCUT2D eigenvalue weighted by Gasteiger charge is 2.46. The summed E-state index contributed by atoms with van der Waals surface area (Å²) in [6.07, 6.45) is 6.58. The molecular formula is C17H34N2O. The fraction of sp³-hybridized carbons (Fsp3) is 1.00. The van der Waals surface area contributed by atoms with Crippen molar-refractivity contribution >= 4 is 0 Å². The lowest BCUT2D eigenvalue weighted by Gasteiger charge is -2.48. The van der Waals surface area contributed by atoms with Gasteiger partial charge in [-0.3, -0.25) is 4.90 Å². The average molecular weight is 282 g/mol. The quantitative estimate of drug-likeness (QED) is 0.693. The van der Waals surface area contributed by atoms with Gasteiger partial charge in [0, 0.05) is 38.4 Å². The van der Waals surface area contributed by atoms with Crippen molar-refractivity contribution in [2.45, 2.75) is 64.5 Å². The van der Waals surface area contributed by atoms with Crippen molar-refractivity contribution in [3.63, 3.8) is 0 Å². The van der Waals surface area contributed by atoms with Crippen LogP contribution in [-0.2, 0) is 4.74 Å². The van der Waals surface area contributed by atoms with Gasteiger partial charge in [-0.15, -0.1) is 0 Å². The van der Waals surface area contributed by atoms with Gasteiger partial charge in [0.2, 0.25) is 0 Å². The van der Waals surface area contributed by atoms with E-state index in [1.54, 1.807) is 7.11 Å². The predicted octanol–water partition coefficient (Wildman–Crippen LogP) is 2.90. The van der Waals surface area contributed by atoms with Gasteiger partial charge in [-0.25, -0.2) is 0 Å². The molecule has 0 aromatic carbocycles. The first-order valence-corrected chi connectivity index (χ1v) is 8.58. The molecule has 1 heterocycles. The van der Waals surface area contributed by atoms with Crippen LogP contribution in [0.25, 0.3) is 0 Å². The lowest BCUT2D eigenvalue weighted by Crippen LogP contribution is -2.65. The number of ether oxygens (including phenoxy) is 1. The molecule has 3 unspecified atom stereocenters. The summed E-state index contributed by atoms with van der Waals surface area (Å²) in [6.45, 7) is 11.7. The number of piperazine rings is 1. The van der Waals surface area contributed by atoms with Crippen LogP contribution < -0.4 is 5.32 Å². The SMILES string of the molecule is CCC(C)C1CNC(C)(C2CC2)CN1CCCCOC. The van der Waals surface area contributed by atoms with Gasteiger partial charge < -0.3 is 10.1 Å². The second kappa shape index (κ2) is 7.24. The van der Waals surface area contributed by atoms with Gasteiger partial charge in [0.05, 0.1) is 0 Å². The molecule has 0 aromatic heterocycles. The summed E-state index contributed by atoms with van der Waals surface area (Å²) in [6, 6.07) is 0.717. The summed E-state index contributed by atoms with van der Waals surface area (Å²) >= 11 is 0. The summed E-state index contributed by atoms with van der Waals surface area (Å²) in [5, 5.41) is 3.89. The van der Waals surface area contributed by atoms with Crippen LogP contribution >= 0.6 is 0 Å². The Bertz CT molecular complexity index is 293. The molecule has 2 aliphatic rings. The molecule has 1 saturated carbocycles. The highest BCUT2D eigenvalue weighted by atomic mass is 16.5. The summed E-state index contributed by atoms with van der Waals surface area (Å²) in [5.41, 5.74) is 0.366. The molecule has 1 aliphatic heterocycles. The molecule has 2 rings (SSSR count). The zero-order valence-corrected chi connectivity index (χ0v) is 14.0. The molecule has 3 heteroatoms. The maximum Gasteiger partial charge on any atom is 0.0462 e. The largest absolute Gasteiger partial charge is 0.385 e. The first kappa shape index (κ1) is 16.3. The Labute approximate surface area is 125 Å². The number of rotatable bonds is 8. The Hall–Kier alpha value is -0.120. The van der Waals surface area contributed by atoms with E-state index >= 15 is 0 Å². The fourth-order valence-corrected chi connectivity index (χ4v) is 3.70. The van der Waals surface area contributed by atoms with Crippen LogP contribution in [0, 0.1) is 11.8 Å². The second-order valence-corrected chi connectivity index (χ2v) is 7.20. The van der Waals surface area contributed by atoms with Crippen molar-refractivity contribution in [3.8, 4) is 0 Å². The molecule has 1 aliphatic carbocycles. The first-order valence-electron chi connectivity index (χ1n) is 8.58. The molecule has 2 fully saturated rings. The molecule has 0 bridgehead atoms. The molecule has 3 nitrogen and oxygen atoms in total. The standard InChI is InChI=1S/C17H34N2O/c1-5-14(2)16-12-18-17(3,15-8-9-15)13-19(16)10-6-7-11-20-4/h14-16,18H,5-13H2,1-4H3. The molecule has 1 saturated heterocycles. The lowest BCUT2D eigenvalue weighted by molar-refractivity contribution is 0.0446. The van der Waals surface area contributed by atoms with Gasteiger partial charge >= 0.3 is 0 Å². The normalized spacial score (nSPS) is 33.3. The lowest BCUT2D eigenvalue weighted by atomic mass is 9.86. The monoisotopic (exact) mass is 282 g/mol. The molecule has 1 N–H and O–H groups in total. The average Bonchev–Trinajstić information content (AvgIpc) is 3.28. The van der Waals surface area contributed by atoms with Gasteiger partial charge in [-0.2, -0.15) is 0 Å². The molecule has 0 amide bonds. The van der Waals surface area contributed by atoms with E-state index in [9.17, 15) is 0 Å². The molecule has 20 heavy (non-hydrogen) atoms. The van der Waals surface area contributed by atoms with E-state index in [4.69, 9.17) is 4.74 Å². The zero-order chi connectivity index (χ0) is 14.6. The van der Waals surface area contributed by atoms with E-state index in [1.807, 2.05) is 0 Å².